The minimum Gasteiger partial charge on any atom is -0.338 e. The van der Waals surface area contributed by atoms with E-state index in [1.54, 1.807) is 18.3 Å². The lowest BCUT2D eigenvalue weighted by Gasteiger charge is -2.07. The molecule has 0 atom stereocenters. The van der Waals surface area contributed by atoms with Crippen molar-refractivity contribution >= 4 is 23.3 Å². The number of urea groups is 1. The zero-order valence-electron chi connectivity index (χ0n) is 11.7. The van der Waals surface area contributed by atoms with E-state index in [1.807, 2.05) is 18.2 Å². The molecule has 2 N–H and O–H groups in total. The molecule has 0 unspecified atom stereocenters. The highest BCUT2D eigenvalue weighted by Crippen LogP contribution is 2.11. The van der Waals surface area contributed by atoms with Crippen LogP contribution in [0.4, 0.5) is 10.5 Å². The molecule has 1 aromatic carbocycles. The number of anilines is 1. The van der Waals surface area contributed by atoms with E-state index in [2.05, 4.69) is 27.8 Å². The third-order valence-corrected chi connectivity index (χ3v) is 3.21. The molecule has 0 saturated heterocycles. The van der Waals surface area contributed by atoms with Gasteiger partial charge in [-0.1, -0.05) is 41.9 Å². The van der Waals surface area contributed by atoms with Crippen LogP contribution in [-0.4, -0.2) is 17.6 Å². The molecule has 0 saturated carbocycles. The van der Waals surface area contributed by atoms with Crippen LogP contribution in [0.15, 0.2) is 48.7 Å². The summed E-state index contributed by atoms with van der Waals surface area (Å²) in [7, 11) is 0. The molecule has 5 heteroatoms. The second kappa shape index (κ2) is 8.27. The molecule has 1 heterocycles. The van der Waals surface area contributed by atoms with Crippen molar-refractivity contribution in [3.8, 4) is 0 Å². The smallest absolute Gasteiger partial charge is 0.319 e. The van der Waals surface area contributed by atoms with Gasteiger partial charge in [-0.3, -0.25) is 0 Å². The molecule has 0 aliphatic carbocycles. The summed E-state index contributed by atoms with van der Waals surface area (Å²) < 4.78 is 0. The quantitative estimate of drug-likeness (QED) is 0.628. The highest BCUT2D eigenvalue weighted by molar-refractivity contribution is 6.29. The maximum atomic E-state index is 11.7. The Kier molecular flexibility index (Phi) is 6.03. The van der Waals surface area contributed by atoms with Crippen LogP contribution >= 0.6 is 11.6 Å². The number of aromatic nitrogens is 1. The molecule has 0 aliphatic rings. The topological polar surface area (TPSA) is 54.0 Å². The molecule has 2 aromatic rings. The fourth-order valence-electron chi connectivity index (χ4n) is 1.96. The van der Waals surface area contributed by atoms with Gasteiger partial charge in [0.2, 0.25) is 0 Å². The van der Waals surface area contributed by atoms with E-state index in [0.29, 0.717) is 17.4 Å². The predicted molar refractivity (Wildman–Crippen MR) is 85.6 cm³/mol. The number of nitrogens with one attached hydrogen (secondary N) is 2. The summed E-state index contributed by atoms with van der Waals surface area (Å²) in [6, 6.07) is 13.4. The summed E-state index contributed by atoms with van der Waals surface area (Å²) in [5.74, 6) is 0. The third-order valence-electron chi connectivity index (χ3n) is 3.01. The number of benzene rings is 1. The average molecular weight is 304 g/mol. The van der Waals surface area contributed by atoms with E-state index >= 15 is 0 Å². The van der Waals surface area contributed by atoms with Crippen molar-refractivity contribution in [2.45, 2.75) is 19.3 Å². The molecule has 0 bridgehead atoms. The van der Waals surface area contributed by atoms with Crippen molar-refractivity contribution in [2.75, 3.05) is 11.9 Å². The van der Waals surface area contributed by atoms with E-state index < -0.39 is 0 Å². The van der Waals surface area contributed by atoms with Crippen LogP contribution in [0.25, 0.3) is 0 Å². The Labute approximate surface area is 129 Å². The second-order valence-corrected chi connectivity index (χ2v) is 5.08. The molecule has 2 amide bonds. The number of hydrogen-bond acceptors (Lipinski definition) is 2. The van der Waals surface area contributed by atoms with E-state index in [4.69, 9.17) is 11.6 Å². The summed E-state index contributed by atoms with van der Waals surface area (Å²) in [6.07, 6.45) is 4.58. The van der Waals surface area contributed by atoms with E-state index in [-0.39, 0.29) is 6.03 Å². The lowest BCUT2D eigenvalue weighted by Crippen LogP contribution is -2.29. The van der Waals surface area contributed by atoms with Gasteiger partial charge in [-0.05, 0) is 37.0 Å². The SMILES string of the molecule is O=C(NCCCCc1ccccc1)Nc1ccnc(Cl)c1. The Hall–Kier alpha value is -2.07. The summed E-state index contributed by atoms with van der Waals surface area (Å²) in [5, 5.41) is 5.90. The van der Waals surface area contributed by atoms with Crippen molar-refractivity contribution in [1.82, 2.24) is 10.3 Å². The molecule has 2 rings (SSSR count). The molecule has 0 fully saturated rings. The summed E-state index contributed by atoms with van der Waals surface area (Å²) in [5.41, 5.74) is 1.96. The van der Waals surface area contributed by atoms with Crippen LogP contribution in [0, 0.1) is 0 Å². The van der Waals surface area contributed by atoms with Crippen LogP contribution in [0.5, 0.6) is 0 Å². The Morgan fingerprint density at radius 2 is 1.95 bits per heavy atom. The molecule has 0 aliphatic heterocycles. The van der Waals surface area contributed by atoms with Crippen molar-refractivity contribution in [1.29, 1.82) is 0 Å². The molecule has 4 nitrogen and oxygen atoms in total. The first-order chi connectivity index (χ1) is 10.2. The van der Waals surface area contributed by atoms with Crippen molar-refractivity contribution < 1.29 is 4.79 Å². The number of amides is 2. The standard InChI is InChI=1S/C16H18ClN3O/c17-15-12-14(9-11-18-15)20-16(21)19-10-5-4-8-13-6-2-1-3-7-13/h1-3,6-7,9,11-12H,4-5,8,10H2,(H2,18,19,20,21). The summed E-state index contributed by atoms with van der Waals surface area (Å²) in [6.45, 7) is 0.650. The second-order valence-electron chi connectivity index (χ2n) is 4.69. The van der Waals surface area contributed by atoms with E-state index in [1.165, 1.54) is 5.56 Å². The number of rotatable bonds is 6. The highest BCUT2D eigenvalue weighted by atomic mass is 35.5. The molecular weight excluding hydrogens is 286 g/mol. The third kappa shape index (κ3) is 5.83. The number of aryl methyl sites for hydroxylation is 1. The lowest BCUT2D eigenvalue weighted by atomic mass is 10.1. The largest absolute Gasteiger partial charge is 0.338 e. The number of carbonyl (C=O) groups is 1. The predicted octanol–water partition coefficient (Wildman–Crippen LogP) is 3.88. The molecule has 0 spiro atoms. The van der Waals surface area contributed by atoms with Crippen molar-refractivity contribution in [3.05, 3.63) is 59.4 Å². The van der Waals surface area contributed by atoms with Gasteiger partial charge >= 0.3 is 6.03 Å². The number of unbranched alkanes of at least 4 members (excludes halogenated alkanes) is 1. The average Bonchev–Trinajstić information content (AvgIpc) is 2.48. The van der Waals surface area contributed by atoms with Crippen LogP contribution in [0.1, 0.15) is 18.4 Å². The molecular formula is C16H18ClN3O. The Bertz CT molecular complexity index is 575. The molecule has 110 valence electrons. The lowest BCUT2D eigenvalue weighted by molar-refractivity contribution is 0.252. The minimum atomic E-state index is -0.225. The van der Waals surface area contributed by atoms with Gasteiger partial charge in [0.25, 0.3) is 0 Å². The van der Waals surface area contributed by atoms with Crippen LogP contribution < -0.4 is 10.6 Å². The Morgan fingerprint density at radius 3 is 2.71 bits per heavy atom. The Balaban J connectivity index is 1.61. The normalized spacial score (nSPS) is 10.1. The van der Waals surface area contributed by atoms with Gasteiger partial charge in [0.15, 0.2) is 0 Å². The number of nitrogens with zero attached hydrogens (tertiary/aromatic N) is 1. The zero-order valence-corrected chi connectivity index (χ0v) is 12.4. The number of hydrogen-bond donors (Lipinski definition) is 2. The fourth-order valence-corrected chi connectivity index (χ4v) is 2.13. The van der Waals surface area contributed by atoms with E-state index in [0.717, 1.165) is 19.3 Å². The van der Waals surface area contributed by atoms with Crippen molar-refractivity contribution in [3.63, 3.8) is 0 Å². The van der Waals surface area contributed by atoms with Crippen LogP contribution in [0.3, 0.4) is 0 Å². The summed E-state index contributed by atoms with van der Waals surface area (Å²) >= 11 is 5.75. The van der Waals surface area contributed by atoms with E-state index in [9.17, 15) is 4.79 Å². The van der Waals surface area contributed by atoms with Gasteiger partial charge in [0, 0.05) is 18.4 Å². The molecule has 0 radical (unpaired) electrons. The van der Waals surface area contributed by atoms with Crippen LogP contribution in [-0.2, 0) is 6.42 Å². The number of carbonyl (C=O) groups excluding carboxylic acids is 1. The Morgan fingerprint density at radius 1 is 1.14 bits per heavy atom. The maximum absolute atomic E-state index is 11.7. The van der Waals surface area contributed by atoms with Gasteiger partial charge in [0.05, 0.1) is 0 Å². The van der Waals surface area contributed by atoms with Gasteiger partial charge in [0.1, 0.15) is 5.15 Å². The zero-order chi connectivity index (χ0) is 14.9. The monoisotopic (exact) mass is 303 g/mol. The first-order valence-corrected chi connectivity index (χ1v) is 7.32. The number of pyridine rings is 1. The van der Waals surface area contributed by atoms with Gasteiger partial charge in [-0.2, -0.15) is 0 Å². The summed E-state index contributed by atoms with van der Waals surface area (Å²) in [4.78, 5) is 15.5. The highest BCUT2D eigenvalue weighted by Gasteiger charge is 2.01. The van der Waals surface area contributed by atoms with Crippen LogP contribution in [0.2, 0.25) is 5.15 Å². The molecule has 21 heavy (non-hydrogen) atoms. The maximum Gasteiger partial charge on any atom is 0.319 e. The minimum absolute atomic E-state index is 0.225. The van der Waals surface area contributed by atoms with Gasteiger partial charge < -0.3 is 10.6 Å². The first-order valence-electron chi connectivity index (χ1n) is 6.94. The number of halogens is 1. The van der Waals surface area contributed by atoms with Gasteiger partial charge in [-0.15, -0.1) is 0 Å². The fraction of sp³-hybridized carbons (Fsp3) is 0.250. The van der Waals surface area contributed by atoms with Gasteiger partial charge in [-0.25, -0.2) is 9.78 Å². The molecule has 1 aromatic heterocycles. The first kappa shape index (κ1) is 15.3. The van der Waals surface area contributed by atoms with Crippen molar-refractivity contribution in [2.24, 2.45) is 0 Å².